The van der Waals surface area contributed by atoms with Crippen LogP contribution in [0.15, 0.2) is 42.9 Å². The first-order chi connectivity index (χ1) is 8.56. The van der Waals surface area contributed by atoms with E-state index >= 15 is 0 Å². The second-order valence-electron chi connectivity index (χ2n) is 4.04. The van der Waals surface area contributed by atoms with Gasteiger partial charge in [-0.1, -0.05) is 12.6 Å². The minimum Gasteiger partial charge on any atom is -0.397 e. The highest BCUT2D eigenvalue weighted by Crippen LogP contribution is 2.26. The van der Waals surface area contributed by atoms with Gasteiger partial charge >= 0.3 is 0 Å². The number of nitrogen functional groups attached to an aromatic ring is 2. The van der Waals surface area contributed by atoms with Crippen molar-refractivity contribution in [1.29, 1.82) is 0 Å². The molecule has 0 aliphatic carbocycles. The molecule has 0 unspecified atom stereocenters. The fraction of sp³-hybridized carbons (Fsp3) is 0.0769. The van der Waals surface area contributed by atoms with Crippen molar-refractivity contribution in [2.45, 2.75) is 6.92 Å². The Morgan fingerprint density at radius 1 is 1.17 bits per heavy atom. The summed E-state index contributed by atoms with van der Waals surface area (Å²) in [4.78, 5) is 7.90. The Bertz CT molecular complexity index is 574. The number of nitrogens with zero attached hydrogens (tertiary/aromatic N) is 2. The zero-order chi connectivity index (χ0) is 13.1. The molecule has 5 nitrogen and oxygen atoms in total. The molecule has 0 aliphatic heterocycles. The van der Waals surface area contributed by atoms with E-state index in [1.165, 1.54) is 0 Å². The first-order valence-corrected chi connectivity index (χ1v) is 5.46. The third-order valence-electron chi connectivity index (χ3n) is 2.40. The molecule has 0 bridgehead atoms. The number of anilines is 3. The quantitative estimate of drug-likeness (QED) is 0.717. The number of nitrogens with two attached hydrogens (primary N) is 2. The number of aromatic nitrogens is 2. The van der Waals surface area contributed by atoms with Gasteiger partial charge in [-0.3, -0.25) is 0 Å². The fourth-order valence-electron chi connectivity index (χ4n) is 1.57. The Balaban J connectivity index is 2.33. The Morgan fingerprint density at radius 2 is 1.83 bits per heavy atom. The summed E-state index contributed by atoms with van der Waals surface area (Å²) in [5, 5.41) is 3.09. The highest BCUT2D eigenvalue weighted by Gasteiger charge is 2.03. The molecule has 0 fully saturated rings. The zero-order valence-corrected chi connectivity index (χ0v) is 10.1. The lowest BCUT2D eigenvalue weighted by molar-refractivity contribution is 1.19. The van der Waals surface area contributed by atoms with Crippen molar-refractivity contribution in [2.75, 3.05) is 16.8 Å². The van der Waals surface area contributed by atoms with Gasteiger partial charge in [-0.15, -0.1) is 0 Å². The maximum atomic E-state index is 5.97. The summed E-state index contributed by atoms with van der Waals surface area (Å²) in [6, 6.07) is 5.70. The maximum Gasteiger partial charge on any atom is 0.219 e. The van der Waals surface area contributed by atoms with Gasteiger partial charge in [0.1, 0.15) is 0 Å². The van der Waals surface area contributed by atoms with Gasteiger partial charge in [0.15, 0.2) is 0 Å². The molecule has 0 amide bonds. The van der Waals surface area contributed by atoms with Crippen molar-refractivity contribution in [2.24, 2.45) is 0 Å². The average molecular weight is 241 g/mol. The molecule has 18 heavy (non-hydrogen) atoms. The lowest BCUT2D eigenvalue weighted by Crippen LogP contribution is -1.99. The van der Waals surface area contributed by atoms with Crippen LogP contribution in [0.5, 0.6) is 0 Å². The molecule has 5 heteroatoms. The van der Waals surface area contributed by atoms with E-state index in [0.29, 0.717) is 5.69 Å². The standard InChI is InChI=1S/C13H15N5/c1-8(2)18-12-4-3-9(5-11(12)14)10-6-16-13(15)17-7-10/h3-7,18H,1,14H2,2H3,(H2,15,16,17). The largest absolute Gasteiger partial charge is 0.397 e. The summed E-state index contributed by atoms with van der Waals surface area (Å²) in [5.41, 5.74) is 15.6. The van der Waals surface area contributed by atoms with E-state index in [9.17, 15) is 0 Å². The summed E-state index contributed by atoms with van der Waals surface area (Å²) in [7, 11) is 0. The summed E-state index contributed by atoms with van der Waals surface area (Å²) in [5.74, 6) is 0.257. The van der Waals surface area contributed by atoms with Gasteiger partial charge in [0.05, 0.1) is 11.4 Å². The van der Waals surface area contributed by atoms with Crippen LogP contribution in [-0.4, -0.2) is 9.97 Å². The normalized spacial score (nSPS) is 10.1. The molecule has 2 aromatic rings. The summed E-state index contributed by atoms with van der Waals surface area (Å²) in [6.07, 6.45) is 3.34. The van der Waals surface area contributed by atoms with Gasteiger partial charge in [-0.05, 0) is 24.6 Å². The van der Waals surface area contributed by atoms with Crippen LogP contribution in [0.1, 0.15) is 6.92 Å². The summed E-state index contributed by atoms with van der Waals surface area (Å²) < 4.78 is 0. The van der Waals surface area contributed by atoms with Crippen molar-refractivity contribution < 1.29 is 0 Å². The monoisotopic (exact) mass is 241 g/mol. The van der Waals surface area contributed by atoms with Crippen molar-refractivity contribution in [3.8, 4) is 11.1 Å². The van der Waals surface area contributed by atoms with E-state index < -0.39 is 0 Å². The van der Waals surface area contributed by atoms with Crippen molar-refractivity contribution in [3.05, 3.63) is 42.9 Å². The van der Waals surface area contributed by atoms with Crippen molar-refractivity contribution in [1.82, 2.24) is 9.97 Å². The molecule has 5 N–H and O–H groups in total. The molecule has 0 atom stereocenters. The molecular weight excluding hydrogens is 226 g/mol. The molecule has 1 heterocycles. The van der Waals surface area contributed by atoms with Gasteiger partial charge < -0.3 is 16.8 Å². The van der Waals surface area contributed by atoms with Gasteiger partial charge in [-0.25, -0.2) is 9.97 Å². The van der Waals surface area contributed by atoms with E-state index in [4.69, 9.17) is 11.5 Å². The Morgan fingerprint density at radius 3 is 2.39 bits per heavy atom. The van der Waals surface area contributed by atoms with Crippen LogP contribution in [-0.2, 0) is 0 Å². The van der Waals surface area contributed by atoms with Crippen LogP contribution in [0.25, 0.3) is 11.1 Å². The van der Waals surface area contributed by atoms with Gasteiger partial charge in [0, 0.05) is 23.7 Å². The maximum absolute atomic E-state index is 5.97. The van der Waals surface area contributed by atoms with Gasteiger partial charge in [0.25, 0.3) is 0 Å². The van der Waals surface area contributed by atoms with Crippen LogP contribution in [0, 0.1) is 0 Å². The molecule has 0 saturated heterocycles. The molecule has 1 aromatic carbocycles. The minimum absolute atomic E-state index is 0.257. The number of hydrogen-bond acceptors (Lipinski definition) is 5. The number of nitrogens with one attached hydrogen (secondary N) is 1. The van der Waals surface area contributed by atoms with Crippen LogP contribution in [0.3, 0.4) is 0 Å². The molecule has 0 spiro atoms. The fourth-order valence-corrected chi connectivity index (χ4v) is 1.57. The van der Waals surface area contributed by atoms with E-state index in [0.717, 1.165) is 22.5 Å². The third-order valence-corrected chi connectivity index (χ3v) is 2.40. The third kappa shape index (κ3) is 2.57. The highest BCUT2D eigenvalue weighted by molar-refractivity contribution is 5.76. The van der Waals surface area contributed by atoms with Gasteiger partial charge in [0.2, 0.25) is 5.95 Å². The van der Waals surface area contributed by atoms with Crippen LogP contribution in [0.2, 0.25) is 0 Å². The predicted octanol–water partition coefficient (Wildman–Crippen LogP) is 2.25. The zero-order valence-electron chi connectivity index (χ0n) is 10.1. The van der Waals surface area contributed by atoms with E-state index in [1.54, 1.807) is 12.4 Å². The first kappa shape index (κ1) is 11.9. The molecule has 0 radical (unpaired) electrons. The lowest BCUT2D eigenvalue weighted by atomic mass is 10.1. The molecule has 1 aromatic heterocycles. The number of benzene rings is 1. The second-order valence-corrected chi connectivity index (χ2v) is 4.04. The average Bonchev–Trinajstić information content (AvgIpc) is 2.32. The number of hydrogen-bond donors (Lipinski definition) is 3. The minimum atomic E-state index is 0.257. The smallest absolute Gasteiger partial charge is 0.219 e. The summed E-state index contributed by atoms with van der Waals surface area (Å²) in [6.45, 7) is 5.66. The lowest BCUT2D eigenvalue weighted by Gasteiger charge is -2.10. The molecular formula is C13H15N5. The predicted molar refractivity (Wildman–Crippen MR) is 74.7 cm³/mol. The topological polar surface area (TPSA) is 89.8 Å². The van der Waals surface area contributed by atoms with E-state index in [1.807, 2.05) is 25.1 Å². The number of allylic oxidation sites excluding steroid dienone is 1. The Labute approximate surface area is 106 Å². The second kappa shape index (κ2) is 4.75. The first-order valence-electron chi connectivity index (χ1n) is 5.46. The molecule has 0 saturated carbocycles. The molecule has 0 aliphatic rings. The number of rotatable bonds is 3. The van der Waals surface area contributed by atoms with Crippen LogP contribution < -0.4 is 16.8 Å². The van der Waals surface area contributed by atoms with E-state index in [-0.39, 0.29) is 5.95 Å². The molecule has 92 valence electrons. The van der Waals surface area contributed by atoms with Crippen molar-refractivity contribution in [3.63, 3.8) is 0 Å². The molecule has 2 rings (SSSR count). The SMILES string of the molecule is C=C(C)Nc1ccc(-c2cnc(N)nc2)cc1N. The van der Waals surface area contributed by atoms with Crippen molar-refractivity contribution >= 4 is 17.3 Å². The Kier molecular flexibility index (Phi) is 3.14. The van der Waals surface area contributed by atoms with Gasteiger partial charge in [-0.2, -0.15) is 0 Å². The van der Waals surface area contributed by atoms with Crippen LogP contribution >= 0.6 is 0 Å². The van der Waals surface area contributed by atoms with Crippen LogP contribution in [0.4, 0.5) is 17.3 Å². The highest BCUT2D eigenvalue weighted by atomic mass is 15.0. The summed E-state index contributed by atoms with van der Waals surface area (Å²) >= 11 is 0. The van der Waals surface area contributed by atoms with E-state index in [2.05, 4.69) is 21.9 Å². The Hall–Kier alpha value is -2.56.